The van der Waals surface area contributed by atoms with Crippen molar-refractivity contribution in [2.45, 2.75) is 62.3 Å². The van der Waals surface area contributed by atoms with Crippen LogP contribution in [0.5, 0.6) is 0 Å². The summed E-state index contributed by atoms with van der Waals surface area (Å²) < 4.78 is 0. The molecule has 0 aromatic heterocycles. The van der Waals surface area contributed by atoms with E-state index in [1.807, 2.05) is 0 Å². The van der Waals surface area contributed by atoms with Gasteiger partial charge in [-0.3, -0.25) is 0 Å². The van der Waals surface area contributed by atoms with Crippen molar-refractivity contribution in [3.63, 3.8) is 0 Å². The summed E-state index contributed by atoms with van der Waals surface area (Å²) in [6, 6.07) is 9.79. The SMILES string of the molecule is CCCc1ccc(C(NCC)C2CSC(C)C(C)S2)cc1. The highest BCUT2D eigenvalue weighted by atomic mass is 32.2. The summed E-state index contributed by atoms with van der Waals surface area (Å²) in [6.45, 7) is 10.2. The minimum atomic E-state index is 0.484. The molecule has 4 atom stereocenters. The number of thioether (sulfide) groups is 2. The Hall–Kier alpha value is -0.120. The van der Waals surface area contributed by atoms with E-state index in [0.717, 1.165) is 17.0 Å². The zero-order valence-electron chi connectivity index (χ0n) is 13.8. The number of hydrogen-bond acceptors (Lipinski definition) is 3. The number of aryl methyl sites for hydroxylation is 1. The molecule has 2 rings (SSSR count). The second-order valence-electron chi connectivity index (χ2n) is 5.95. The van der Waals surface area contributed by atoms with Gasteiger partial charge in [0.25, 0.3) is 0 Å². The van der Waals surface area contributed by atoms with Gasteiger partial charge in [-0.25, -0.2) is 0 Å². The minimum absolute atomic E-state index is 0.484. The number of hydrogen-bond donors (Lipinski definition) is 1. The first-order chi connectivity index (χ1) is 10.2. The van der Waals surface area contributed by atoms with Gasteiger partial charge in [0.2, 0.25) is 0 Å². The highest BCUT2D eigenvalue weighted by Gasteiger charge is 2.31. The smallest absolute Gasteiger partial charge is 0.0448 e. The second kappa shape index (κ2) is 8.50. The third-order valence-corrected chi connectivity index (χ3v) is 7.74. The van der Waals surface area contributed by atoms with Crippen molar-refractivity contribution < 1.29 is 0 Å². The van der Waals surface area contributed by atoms with Crippen LogP contribution >= 0.6 is 23.5 Å². The normalized spacial score (nSPS) is 27.5. The standard InChI is InChI=1S/C18H29NS2/c1-5-7-15-8-10-16(11-9-15)18(19-6-2)17-12-20-13(3)14(4)21-17/h8-11,13-14,17-19H,5-7,12H2,1-4H3. The fourth-order valence-corrected chi connectivity index (χ4v) is 5.96. The van der Waals surface area contributed by atoms with Crippen LogP contribution in [0.2, 0.25) is 0 Å². The molecule has 1 saturated heterocycles. The van der Waals surface area contributed by atoms with E-state index in [0.29, 0.717) is 11.3 Å². The van der Waals surface area contributed by atoms with Crippen LogP contribution in [0.15, 0.2) is 24.3 Å². The van der Waals surface area contributed by atoms with Gasteiger partial charge >= 0.3 is 0 Å². The van der Waals surface area contributed by atoms with E-state index in [2.05, 4.69) is 80.8 Å². The lowest BCUT2D eigenvalue weighted by atomic mass is 10.0. The Balaban J connectivity index is 2.10. The summed E-state index contributed by atoms with van der Waals surface area (Å²) >= 11 is 4.30. The molecular weight excluding hydrogens is 294 g/mol. The van der Waals surface area contributed by atoms with Gasteiger partial charge in [-0.1, -0.05) is 58.4 Å². The van der Waals surface area contributed by atoms with Crippen LogP contribution in [-0.2, 0) is 6.42 Å². The van der Waals surface area contributed by atoms with Crippen LogP contribution in [-0.4, -0.2) is 28.0 Å². The van der Waals surface area contributed by atoms with Gasteiger partial charge in [0.1, 0.15) is 0 Å². The van der Waals surface area contributed by atoms with Crippen LogP contribution in [0, 0.1) is 0 Å². The Kier molecular flexibility index (Phi) is 6.97. The lowest BCUT2D eigenvalue weighted by molar-refractivity contribution is 0.547. The van der Waals surface area contributed by atoms with E-state index in [9.17, 15) is 0 Å². The van der Waals surface area contributed by atoms with Gasteiger partial charge in [-0.2, -0.15) is 23.5 Å². The Labute approximate surface area is 139 Å². The van der Waals surface area contributed by atoms with E-state index in [4.69, 9.17) is 0 Å². The molecule has 3 heteroatoms. The first kappa shape index (κ1) is 17.2. The zero-order chi connectivity index (χ0) is 15.2. The predicted octanol–water partition coefficient (Wildman–Crippen LogP) is 4.92. The Morgan fingerprint density at radius 3 is 2.43 bits per heavy atom. The van der Waals surface area contributed by atoms with Crippen molar-refractivity contribution in [3.05, 3.63) is 35.4 Å². The first-order valence-electron chi connectivity index (χ1n) is 8.25. The minimum Gasteiger partial charge on any atom is -0.309 e. The van der Waals surface area contributed by atoms with Crippen LogP contribution in [0.4, 0.5) is 0 Å². The Morgan fingerprint density at radius 1 is 1.14 bits per heavy atom. The molecule has 0 radical (unpaired) electrons. The molecule has 4 unspecified atom stereocenters. The lowest BCUT2D eigenvalue weighted by Gasteiger charge is -2.36. The summed E-state index contributed by atoms with van der Waals surface area (Å²) in [6.07, 6.45) is 2.41. The maximum atomic E-state index is 3.72. The molecule has 1 aliphatic rings. The fraction of sp³-hybridized carbons (Fsp3) is 0.667. The largest absolute Gasteiger partial charge is 0.309 e. The van der Waals surface area contributed by atoms with Crippen molar-refractivity contribution in [2.75, 3.05) is 12.3 Å². The maximum Gasteiger partial charge on any atom is 0.0448 e. The molecule has 1 N–H and O–H groups in total. The van der Waals surface area contributed by atoms with E-state index in [1.54, 1.807) is 0 Å². The average molecular weight is 324 g/mol. The van der Waals surface area contributed by atoms with Gasteiger partial charge in [-0.15, -0.1) is 0 Å². The lowest BCUT2D eigenvalue weighted by Crippen LogP contribution is -2.37. The second-order valence-corrected chi connectivity index (χ2v) is 8.98. The quantitative estimate of drug-likeness (QED) is 0.798. The molecule has 0 amide bonds. The van der Waals surface area contributed by atoms with Crippen molar-refractivity contribution in [2.24, 2.45) is 0 Å². The monoisotopic (exact) mass is 323 g/mol. The summed E-state index contributed by atoms with van der Waals surface area (Å²) in [7, 11) is 0. The van der Waals surface area contributed by atoms with Gasteiger partial charge in [0, 0.05) is 27.5 Å². The Morgan fingerprint density at radius 2 is 1.86 bits per heavy atom. The van der Waals surface area contributed by atoms with Crippen molar-refractivity contribution in [1.29, 1.82) is 0 Å². The molecular formula is C18H29NS2. The highest BCUT2D eigenvalue weighted by molar-refractivity contribution is 8.07. The number of rotatable bonds is 6. The molecule has 21 heavy (non-hydrogen) atoms. The number of nitrogens with one attached hydrogen (secondary N) is 1. The molecule has 1 fully saturated rings. The Bertz CT molecular complexity index is 418. The molecule has 1 nitrogen and oxygen atoms in total. The highest BCUT2D eigenvalue weighted by Crippen LogP contribution is 2.41. The van der Waals surface area contributed by atoms with Gasteiger partial charge in [-0.05, 0) is 24.1 Å². The van der Waals surface area contributed by atoms with Crippen LogP contribution in [0.25, 0.3) is 0 Å². The van der Waals surface area contributed by atoms with E-state index >= 15 is 0 Å². The summed E-state index contributed by atoms with van der Waals surface area (Å²) in [5.74, 6) is 1.25. The molecule has 0 bridgehead atoms. The van der Waals surface area contributed by atoms with Crippen molar-refractivity contribution >= 4 is 23.5 Å². The molecule has 1 aromatic rings. The molecule has 1 heterocycles. The van der Waals surface area contributed by atoms with E-state index in [-0.39, 0.29) is 0 Å². The average Bonchev–Trinajstić information content (AvgIpc) is 2.49. The van der Waals surface area contributed by atoms with Crippen molar-refractivity contribution in [1.82, 2.24) is 5.32 Å². The predicted molar refractivity (Wildman–Crippen MR) is 99.6 cm³/mol. The molecule has 1 aromatic carbocycles. The summed E-state index contributed by atoms with van der Waals surface area (Å²) in [5, 5.41) is 5.92. The van der Waals surface area contributed by atoms with E-state index < -0.39 is 0 Å². The van der Waals surface area contributed by atoms with Crippen LogP contribution < -0.4 is 5.32 Å². The summed E-state index contributed by atoms with van der Waals surface area (Å²) in [5.41, 5.74) is 2.92. The zero-order valence-corrected chi connectivity index (χ0v) is 15.4. The van der Waals surface area contributed by atoms with Crippen LogP contribution in [0.3, 0.4) is 0 Å². The third kappa shape index (κ3) is 4.67. The topological polar surface area (TPSA) is 12.0 Å². The molecule has 0 aliphatic carbocycles. The molecule has 0 spiro atoms. The third-order valence-electron chi connectivity index (χ3n) is 4.25. The summed E-state index contributed by atoms with van der Waals surface area (Å²) in [4.78, 5) is 0. The molecule has 0 saturated carbocycles. The maximum absolute atomic E-state index is 3.72. The fourth-order valence-electron chi connectivity index (χ4n) is 2.85. The van der Waals surface area contributed by atoms with Gasteiger partial charge in [0.05, 0.1) is 0 Å². The number of benzene rings is 1. The first-order valence-corrected chi connectivity index (χ1v) is 10.2. The molecule has 1 aliphatic heterocycles. The van der Waals surface area contributed by atoms with Gasteiger partial charge < -0.3 is 5.32 Å². The van der Waals surface area contributed by atoms with Gasteiger partial charge in [0.15, 0.2) is 0 Å². The van der Waals surface area contributed by atoms with Crippen molar-refractivity contribution in [3.8, 4) is 0 Å². The van der Waals surface area contributed by atoms with E-state index in [1.165, 1.54) is 29.7 Å². The molecule has 118 valence electrons. The van der Waals surface area contributed by atoms with Crippen LogP contribution in [0.1, 0.15) is 51.3 Å².